The van der Waals surface area contributed by atoms with Gasteiger partial charge in [-0.25, -0.2) is 0 Å². The molecule has 1 aliphatic heterocycles. The number of rotatable bonds is 2. The van der Waals surface area contributed by atoms with E-state index in [0.29, 0.717) is 6.61 Å². The van der Waals surface area contributed by atoms with Gasteiger partial charge in [0.1, 0.15) is 0 Å². The minimum Gasteiger partial charge on any atom is -0.387 e. The fraction of sp³-hybridized carbons (Fsp3) is 0.556. The molecule has 0 spiro atoms. The van der Waals surface area contributed by atoms with Gasteiger partial charge in [-0.1, -0.05) is 0 Å². The molecule has 2 heterocycles. The molecular weight excluding hydrogens is 252 g/mol. The molecule has 1 aromatic rings. The topological polar surface area (TPSA) is 29.5 Å². The van der Waals surface area contributed by atoms with Crippen LogP contribution in [0, 0.1) is 5.92 Å². The predicted molar refractivity (Wildman–Crippen MR) is 55.9 cm³/mol. The van der Waals surface area contributed by atoms with Crippen LogP contribution in [0.1, 0.15) is 17.4 Å². The fourth-order valence-corrected chi connectivity index (χ4v) is 3.02. The average molecular weight is 263 g/mol. The second-order valence-corrected chi connectivity index (χ2v) is 5.70. The lowest BCUT2D eigenvalue weighted by atomic mass is 10.0. The van der Waals surface area contributed by atoms with Crippen LogP contribution in [-0.4, -0.2) is 18.3 Å². The largest absolute Gasteiger partial charge is 0.387 e. The first-order valence-corrected chi connectivity index (χ1v) is 5.89. The number of thiophene rings is 1. The lowest BCUT2D eigenvalue weighted by Gasteiger charge is -2.13. The van der Waals surface area contributed by atoms with Crippen molar-refractivity contribution in [3.8, 4) is 0 Å². The average Bonchev–Trinajstić information content (AvgIpc) is 2.72. The summed E-state index contributed by atoms with van der Waals surface area (Å²) in [6, 6.07) is 3.94. The molecule has 0 aliphatic carbocycles. The van der Waals surface area contributed by atoms with Crippen LogP contribution in [0.2, 0.25) is 0 Å². The van der Waals surface area contributed by atoms with E-state index in [0.717, 1.165) is 21.7 Å². The van der Waals surface area contributed by atoms with Crippen molar-refractivity contribution < 1.29 is 9.84 Å². The van der Waals surface area contributed by atoms with E-state index in [9.17, 15) is 5.11 Å². The number of ether oxygens (including phenoxy) is 1. The normalized spacial score (nSPS) is 24.9. The Labute approximate surface area is 89.7 Å². The lowest BCUT2D eigenvalue weighted by molar-refractivity contribution is 0.0945. The summed E-state index contributed by atoms with van der Waals surface area (Å²) in [6.07, 6.45) is 0.621. The van der Waals surface area contributed by atoms with Crippen molar-refractivity contribution in [1.82, 2.24) is 0 Å². The molecule has 1 aliphatic rings. The van der Waals surface area contributed by atoms with Crippen LogP contribution in [0.5, 0.6) is 0 Å². The first-order chi connectivity index (χ1) is 6.27. The molecule has 2 atom stereocenters. The Kier molecular flexibility index (Phi) is 3.03. The molecule has 4 heteroatoms. The van der Waals surface area contributed by atoms with Crippen LogP contribution >= 0.6 is 27.3 Å². The highest BCUT2D eigenvalue weighted by molar-refractivity contribution is 9.11. The van der Waals surface area contributed by atoms with Gasteiger partial charge in [-0.05, 0) is 34.5 Å². The van der Waals surface area contributed by atoms with Crippen LogP contribution in [0.4, 0.5) is 0 Å². The first kappa shape index (κ1) is 9.65. The summed E-state index contributed by atoms with van der Waals surface area (Å²) in [4.78, 5) is 1.03. The molecule has 0 aromatic carbocycles. The zero-order valence-corrected chi connectivity index (χ0v) is 9.47. The van der Waals surface area contributed by atoms with E-state index in [1.165, 1.54) is 0 Å². The van der Waals surface area contributed by atoms with Crippen LogP contribution < -0.4 is 0 Å². The molecule has 0 bridgehead atoms. The third kappa shape index (κ3) is 2.13. The number of hydrogen-bond acceptors (Lipinski definition) is 3. The molecule has 1 saturated heterocycles. The van der Waals surface area contributed by atoms with Crippen LogP contribution in [0.3, 0.4) is 0 Å². The summed E-state index contributed by atoms with van der Waals surface area (Å²) in [5.41, 5.74) is 0. The first-order valence-electron chi connectivity index (χ1n) is 4.28. The molecule has 0 saturated carbocycles. The van der Waals surface area contributed by atoms with Crippen molar-refractivity contribution in [3.63, 3.8) is 0 Å². The molecule has 0 amide bonds. The number of aliphatic hydroxyl groups excluding tert-OH is 1. The summed E-state index contributed by atoms with van der Waals surface area (Å²) in [5.74, 6) is 0.283. The Bertz CT molecular complexity index is 281. The maximum Gasteiger partial charge on any atom is 0.0933 e. The van der Waals surface area contributed by atoms with E-state index in [1.807, 2.05) is 12.1 Å². The van der Waals surface area contributed by atoms with E-state index in [1.54, 1.807) is 11.3 Å². The van der Waals surface area contributed by atoms with Gasteiger partial charge in [0.05, 0.1) is 16.5 Å². The van der Waals surface area contributed by atoms with Gasteiger partial charge < -0.3 is 9.84 Å². The molecule has 13 heavy (non-hydrogen) atoms. The molecule has 1 fully saturated rings. The molecular formula is C9H11BrO2S. The minimum absolute atomic E-state index is 0.283. The Morgan fingerprint density at radius 1 is 1.62 bits per heavy atom. The van der Waals surface area contributed by atoms with Gasteiger partial charge in [0.2, 0.25) is 0 Å². The summed E-state index contributed by atoms with van der Waals surface area (Å²) in [5, 5.41) is 9.94. The third-order valence-electron chi connectivity index (χ3n) is 2.30. The van der Waals surface area contributed by atoms with E-state index < -0.39 is 0 Å². The highest BCUT2D eigenvalue weighted by atomic mass is 79.9. The van der Waals surface area contributed by atoms with Gasteiger partial charge in [0.15, 0.2) is 0 Å². The van der Waals surface area contributed by atoms with Crippen molar-refractivity contribution in [2.24, 2.45) is 5.92 Å². The monoisotopic (exact) mass is 262 g/mol. The van der Waals surface area contributed by atoms with E-state index in [2.05, 4.69) is 15.9 Å². The van der Waals surface area contributed by atoms with Crippen LogP contribution in [0.15, 0.2) is 15.9 Å². The predicted octanol–water partition coefficient (Wildman–Crippen LogP) is 2.58. The Morgan fingerprint density at radius 2 is 2.46 bits per heavy atom. The van der Waals surface area contributed by atoms with Gasteiger partial charge in [0.25, 0.3) is 0 Å². The van der Waals surface area contributed by atoms with Gasteiger partial charge in [0, 0.05) is 17.4 Å². The van der Waals surface area contributed by atoms with Crippen molar-refractivity contribution in [2.45, 2.75) is 12.5 Å². The molecule has 2 rings (SSSR count). The second-order valence-electron chi connectivity index (χ2n) is 3.21. The van der Waals surface area contributed by atoms with Crippen LogP contribution in [0.25, 0.3) is 0 Å². The molecule has 0 unspecified atom stereocenters. The van der Waals surface area contributed by atoms with E-state index in [-0.39, 0.29) is 12.0 Å². The number of aliphatic hydroxyl groups is 1. The summed E-state index contributed by atoms with van der Waals surface area (Å²) < 4.78 is 6.31. The van der Waals surface area contributed by atoms with Gasteiger partial charge in [-0.15, -0.1) is 11.3 Å². The molecule has 2 nitrogen and oxygen atoms in total. The number of hydrogen-bond donors (Lipinski definition) is 1. The van der Waals surface area contributed by atoms with E-state index in [4.69, 9.17) is 4.74 Å². The van der Waals surface area contributed by atoms with Crippen molar-refractivity contribution >= 4 is 27.3 Å². The number of halogens is 1. The minimum atomic E-state index is -0.348. The fourth-order valence-electron chi connectivity index (χ4n) is 1.52. The Balaban J connectivity index is 2.07. The van der Waals surface area contributed by atoms with Crippen molar-refractivity contribution in [1.29, 1.82) is 0 Å². The summed E-state index contributed by atoms with van der Waals surface area (Å²) in [7, 11) is 0. The maximum absolute atomic E-state index is 9.94. The standard InChI is InChI=1S/C9H11BrO2S/c10-8-2-1-7(13-8)9(11)6-3-4-12-5-6/h1-2,6,9,11H,3-5H2/t6-,9-/m0/s1. The highest BCUT2D eigenvalue weighted by Gasteiger charge is 2.26. The van der Waals surface area contributed by atoms with Crippen molar-refractivity contribution in [3.05, 3.63) is 20.8 Å². The smallest absolute Gasteiger partial charge is 0.0933 e. The Hall–Kier alpha value is 0.1000. The molecule has 72 valence electrons. The molecule has 1 aromatic heterocycles. The Morgan fingerprint density at radius 3 is 3.00 bits per heavy atom. The van der Waals surface area contributed by atoms with E-state index >= 15 is 0 Å². The lowest BCUT2D eigenvalue weighted by Crippen LogP contribution is -2.10. The summed E-state index contributed by atoms with van der Waals surface area (Å²) >= 11 is 4.98. The highest BCUT2D eigenvalue weighted by Crippen LogP contribution is 2.34. The second kappa shape index (κ2) is 4.09. The summed E-state index contributed by atoms with van der Waals surface area (Å²) in [6.45, 7) is 1.48. The van der Waals surface area contributed by atoms with Crippen LogP contribution in [-0.2, 0) is 4.74 Å². The molecule has 1 N–H and O–H groups in total. The van der Waals surface area contributed by atoms with Gasteiger partial charge in [-0.3, -0.25) is 0 Å². The third-order valence-corrected chi connectivity index (χ3v) is 3.99. The zero-order chi connectivity index (χ0) is 9.26. The zero-order valence-electron chi connectivity index (χ0n) is 7.07. The molecule has 0 radical (unpaired) electrons. The maximum atomic E-state index is 9.94. The van der Waals surface area contributed by atoms with Gasteiger partial charge >= 0.3 is 0 Å². The SMILES string of the molecule is O[C@H](c1ccc(Br)s1)[C@H]1CCOC1. The van der Waals surface area contributed by atoms with Gasteiger partial charge in [-0.2, -0.15) is 0 Å². The van der Waals surface area contributed by atoms with Crippen molar-refractivity contribution in [2.75, 3.05) is 13.2 Å². The quantitative estimate of drug-likeness (QED) is 0.888.